The molecule has 3 nitrogen and oxygen atoms in total. The van der Waals surface area contributed by atoms with Gasteiger partial charge in [-0.25, -0.2) is 0 Å². The molecule has 0 aromatic carbocycles. The number of nitrogens with one attached hydrogen (secondary N) is 1. The minimum Gasteiger partial charge on any atom is -0.310 e. The van der Waals surface area contributed by atoms with E-state index in [9.17, 15) is 0 Å². The van der Waals surface area contributed by atoms with Gasteiger partial charge in [0.05, 0.1) is 5.69 Å². The van der Waals surface area contributed by atoms with Crippen LogP contribution < -0.4 is 5.32 Å². The third-order valence-electron chi connectivity index (χ3n) is 4.86. The maximum atomic E-state index is 4.63. The molecule has 1 aromatic heterocycles. The monoisotopic (exact) mass is 273 g/mol. The number of hydrogen-bond acceptors (Lipinski definition) is 3. The molecule has 1 saturated carbocycles. The molecular formula is C17H27N3. The average Bonchev–Trinajstić information content (AvgIpc) is 3.26. The van der Waals surface area contributed by atoms with Gasteiger partial charge in [-0.15, -0.1) is 0 Å². The van der Waals surface area contributed by atoms with Gasteiger partial charge < -0.3 is 5.32 Å². The zero-order chi connectivity index (χ0) is 13.9. The lowest BCUT2D eigenvalue weighted by Gasteiger charge is -2.35. The van der Waals surface area contributed by atoms with Crippen molar-refractivity contribution in [1.29, 1.82) is 0 Å². The van der Waals surface area contributed by atoms with Crippen LogP contribution in [0.3, 0.4) is 0 Å². The zero-order valence-electron chi connectivity index (χ0n) is 12.8. The van der Waals surface area contributed by atoms with E-state index in [-0.39, 0.29) is 0 Å². The van der Waals surface area contributed by atoms with Gasteiger partial charge in [-0.3, -0.25) is 9.88 Å². The summed E-state index contributed by atoms with van der Waals surface area (Å²) in [5.74, 6) is 1.68. The van der Waals surface area contributed by atoms with E-state index in [0.717, 1.165) is 31.0 Å². The smallest absolute Gasteiger partial charge is 0.0544 e. The van der Waals surface area contributed by atoms with Gasteiger partial charge in [0.25, 0.3) is 0 Å². The van der Waals surface area contributed by atoms with Crippen molar-refractivity contribution in [3.05, 3.63) is 29.6 Å². The lowest BCUT2D eigenvalue weighted by molar-refractivity contribution is 0.131. The van der Waals surface area contributed by atoms with E-state index in [4.69, 9.17) is 0 Å². The second-order valence-corrected chi connectivity index (χ2v) is 6.79. The Bertz CT molecular complexity index is 424. The van der Waals surface area contributed by atoms with Gasteiger partial charge in [0.2, 0.25) is 0 Å². The van der Waals surface area contributed by atoms with E-state index in [1.165, 1.54) is 43.6 Å². The number of aromatic nitrogens is 1. The van der Waals surface area contributed by atoms with Crippen LogP contribution in [-0.2, 0) is 13.1 Å². The quantitative estimate of drug-likeness (QED) is 0.894. The molecule has 3 heteroatoms. The first-order valence-electron chi connectivity index (χ1n) is 8.10. The van der Waals surface area contributed by atoms with Crippen LogP contribution in [0.2, 0.25) is 0 Å². The Hall–Kier alpha value is -0.930. The molecule has 110 valence electrons. The number of hydrogen-bond donors (Lipinski definition) is 1. The molecule has 2 aliphatic rings. The maximum Gasteiger partial charge on any atom is 0.0544 e. The largest absolute Gasteiger partial charge is 0.310 e. The lowest BCUT2D eigenvalue weighted by Crippen LogP contribution is -2.38. The summed E-state index contributed by atoms with van der Waals surface area (Å²) in [7, 11) is 0. The first-order valence-corrected chi connectivity index (χ1v) is 8.10. The van der Waals surface area contributed by atoms with Crippen LogP contribution in [0.15, 0.2) is 18.3 Å². The Kier molecular flexibility index (Phi) is 4.37. The number of nitrogens with zero attached hydrogens (tertiary/aromatic N) is 2. The molecule has 2 atom stereocenters. The predicted octanol–water partition coefficient (Wildman–Crippen LogP) is 2.81. The van der Waals surface area contributed by atoms with Crippen molar-refractivity contribution in [1.82, 2.24) is 15.2 Å². The maximum absolute atomic E-state index is 4.63. The Morgan fingerprint density at radius 2 is 2.05 bits per heavy atom. The summed E-state index contributed by atoms with van der Waals surface area (Å²) in [6.07, 6.45) is 6.05. The SMILES string of the molecule is CC1CCN(Cc2ccc(CNC3CC3)cn2)CC1C. The highest BCUT2D eigenvalue weighted by Gasteiger charge is 2.23. The summed E-state index contributed by atoms with van der Waals surface area (Å²) in [6.45, 7) is 9.16. The highest BCUT2D eigenvalue weighted by Crippen LogP contribution is 2.23. The van der Waals surface area contributed by atoms with Gasteiger partial charge in [-0.2, -0.15) is 0 Å². The van der Waals surface area contributed by atoms with E-state index in [0.29, 0.717) is 0 Å². The van der Waals surface area contributed by atoms with Crippen molar-refractivity contribution >= 4 is 0 Å². The minimum absolute atomic E-state index is 0.770. The van der Waals surface area contributed by atoms with E-state index in [2.05, 4.69) is 41.2 Å². The number of likely N-dealkylation sites (tertiary alicyclic amines) is 1. The molecule has 1 saturated heterocycles. The fraction of sp³-hybridized carbons (Fsp3) is 0.706. The molecule has 0 spiro atoms. The van der Waals surface area contributed by atoms with Crippen molar-refractivity contribution in [2.24, 2.45) is 11.8 Å². The Balaban J connectivity index is 1.49. The molecule has 0 radical (unpaired) electrons. The summed E-state index contributed by atoms with van der Waals surface area (Å²) < 4.78 is 0. The third-order valence-corrected chi connectivity index (χ3v) is 4.86. The highest BCUT2D eigenvalue weighted by atomic mass is 15.1. The standard InChI is InChI=1S/C17H27N3/c1-13-7-8-20(11-14(13)2)12-17-4-3-15(10-19-17)9-18-16-5-6-16/h3-4,10,13-14,16,18H,5-9,11-12H2,1-2H3. The summed E-state index contributed by atoms with van der Waals surface area (Å²) in [5.41, 5.74) is 2.52. The number of pyridine rings is 1. The highest BCUT2D eigenvalue weighted by molar-refractivity contribution is 5.14. The fourth-order valence-corrected chi connectivity index (χ4v) is 2.92. The topological polar surface area (TPSA) is 28.2 Å². The van der Waals surface area contributed by atoms with Crippen LogP contribution in [-0.4, -0.2) is 29.0 Å². The van der Waals surface area contributed by atoms with Gasteiger partial charge in [-0.05, 0) is 49.3 Å². The van der Waals surface area contributed by atoms with Crippen molar-refractivity contribution in [3.63, 3.8) is 0 Å². The molecule has 1 aromatic rings. The molecule has 0 amide bonds. The lowest BCUT2D eigenvalue weighted by atomic mass is 9.88. The van der Waals surface area contributed by atoms with Gasteiger partial charge in [0.1, 0.15) is 0 Å². The molecular weight excluding hydrogens is 246 g/mol. The van der Waals surface area contributed by atoms with Crippen LogP contribution in [0.25, 0.3) is 0 Å². The Morgan fingerprint density at radius 1 is 1.20 bits per heavy atom. The molecule has 1 aliphatic carbocycles. The van der Waals surface area contributed by atoms with Crippen molar-refractivity contribution in [2.75, 3.05) is 13.1 Å². The van der Waals surface area contributed by atoms with E-state index < -0.39 is 0 Å². The first-order chi connectivity index (χ1) is 9.70. The zero-order valence-corrected chi connectivity index (χ0v) is 12.8. The minimum atomic E-state index is 0.770. The molecule has 1 N–H and O–H groups in total. The molecule has 2 heterocycles. The summed E-state index contributed by atoms with van der Waals surface area (Å²) >= 11 is 0. The second-order valence-electron chi connectivity index (χ2n) is 6.79. The third kappa shape index (κ3) is 3.80. The van der Waals surface area contributed by atoms with Gasteiger partial charge in [-0.1, -0.05) is 19.9 Å². The molecule has 2 fully saturated rings. The molecule has 2 unspecified atom stereocenters. The summed E-state index contributed by atoms with van der Waals surface area (Å²) in [5, 5.41) is 3.53. The van der Waals surface area contributed by atoms with Gasteiger partial charge >= 0.3 is 0 Å². The summed E-state index contributed by atoms with van der Waals surface area (Å²) in [4.78, 5) is 7.18. The summed E-state index contributed by atoms with van der Waals surface area (Å²) in [6, 6.07) is 5.20. The average molecular weight is 273 g/mol. The van der Waals surface area contributed by atoms with E-state index >= 15 is 0 Å². The first kappa shape index (κ1) is 14.0. The van der Waals surface area contributed by atoms with Crippen molar-refractivity contribution < 1.29 is 0 Å². The fourth-order valence-electron chi connectivity index (χ4n) is 2.92. The molecule has 0 bridgehead atoms. The number of piperidine rings is 1. The normalized spacial score (nSPS) is 27.7. The van der Waals surface area contributed by atoms with Crippen LogP contribution in [0.1, 0.15) is 44.4 Å². The second kappa shape index (κ2) is 6.23. The molecule has 1 aliphatic heterocycles. The van der Waals surface area contributed by atoms with Gasteiger partial charge in [0, 0.05) is 31.9 Å². The van der Waals surface area contributed by atoms with E-state index in [1.807, 2.05) is 6.20 Å². The van der Waals surface area contributed by atoms with E-state index in [1.54, 1.807) is 0 Å². The van der Waals surface area contributed by atoms with Crippen LogP contribution >= 0.6 is 0 Å². The number of rotatable bonds is 5. The van der Waals surface area contributed by atoms with Crippen LogP contribution in [0.4, 0.5) is 0 Å². The Labute approximate surface area is 122 Å². The van der Waals surface area contributed by atoms with Gasteiger partial charge in [0.15, 0.2) is 0 Å². The Morgan fingerprint density at radius 3 is 2.70 bits per heavy atom. The van der Waals surface area contributed by atoms with Crippen molar-refractivity contribution in [2.45, 2.75) is 52.2 Å². The molecule has 3 rings (SSSR count). The van der Waals surface area contributed by atoms with Crippen molar-refractivity contribution in [3.8, 4) is 0 Å². The predicted molar refractivity (Wildman–Crippen MR) is 82.3 cm³/mol. The van der Waals surface area contributed by atoms with Crippen LogP contribution in [0, 0.1) is 11.8 Å². The molecule has 20 heavy (non-hydrogen) atoms. The van der Waals surface area contributed by atoms with Crippen LogP contribution in [0.5, 0.6) is 0 Å².